The van der Waals surface area contributed by atoms with E-state index in [1.807, 2.05) is 24.9 Å². The van der Waals surface area contributed by atoms with Crippen LogP contribution in [0.5, 0.6) is 0 Å². The second kappa shape index (κ2) is 8.46. The summed E-state index contributed by atoms with van der Waals surface area (Å²) in [4.78, 5) is 19.7. The molecule has 22 heavy (non-hydrogen) atoms. The van der Waals surface area contributed by atoms with Crippen molar-refractivity contribution in [3.05, 3.63) is 23.7 Å². The summed E-state index contributed by atoms with van der Waals surface area (Å²) in [6.07, 6.45) is 1.69. The van der Waals surface area contributed by atoms with E-state index < -0.39 is 0 Å². The normalized spacial score (nSPS) is 11.7. The first-order valence-corrected chi connectivity index (χ1v) is 7.53. The molecule has 0 bridgehead atoms. The highest BCUT2D eigenvalue weighted by molar-refractivity contribution is 5.84. The Labute approximate surface area is 133 Å². The molecular formula is C16H28N4O2. The van der Waals surface area contributed by atoms with Gasteiger partial charge in [0.2, 0.25) is 5.91 Å². The summed E-state index contributed by atoms with van der Waals surface area (Å²) in [5.74, 6) is 2.11. The molecule has 1 aromatic rings. The molecule has 0 saturated heterocycles. The molecule has 0 unspecified atom stereocenters. The Morgan fingerprint density at radius 2 is 2.05 bits per heavy atom. The number of aliphatic imine (C=N–C) groups is 1. The van der Waals surface area contributed by atoms with Crippen LogP contribution in [0.15, 0.2) is 21.7 Å². The van der Waals surface area contributed by atoms with Crippen LogP contribution in [0.4, 0.5) is 0 Å². The molecule has 0 fully saturated rings. The number of likely N-dealkylation sites (N-methyl/N-ethyl adjacent to an activating group) is 1. The highest BCUT2D eigenvalue weighted by Crippen LogP contribution is 2.11. The molecule has 1 aromatic heterocycles. The fourth-order valence-electron chi connectivity index (χ4n) is 1.80. The average molecular weight is 308 g/mol. The van der Waals surface area contributed by atoms with Gasteiger partial charge in [0, 0.05) is 39.8 Å². The quantitative estimate of drug-likeness (QED) is 0.642. The molecule has 0 saturated carbocycles. The number of hydrogen-bond acceptors (Lipinski definition) is 3. The van der Waals surface area contributed by atoms with Gasteiger partial charge in [-0.1, -0.05) is 13.8 Å². The molecular weight excluding hydrogens is 280 g/mol. The van der Waals surface area contributed by atoms with Crippen LogP contribution in [0.3, 0.4) is 0 Å². The van der Waals surface area contributed by atoms with Gasteiger partial charge in [0.1, 0.15) is 12.3 Å². The molecule has 1 amide bonds. The van der Waals surface area contributed by atoms with Gasteiger partial charge in [-0.25, -0.2) is 4.99 Å². The van der Waals surface area contributed by atoms with E-state index >= 15 is 0 Å². The summed E-state index contributed by atoms with van der Waals surface area (Å²) in [7, 11) is 5.42. The van der Waals surface area contributed by atoms with E-state index in [0.717, 1.165) is 23.8 Å². The lowest BCUT2D eigenvalue weighted by Crippen LogP contribution is -2.41. The first-order chi connectivity index (χ1) is 10.3. The average Bonchev–Trinajstić information content (AvgIpc) is 2.83. The lowest BCUT2D eigenvalue weighted by Gasteiger charge is -2.23. The number of aryl methyl sites for hydroxylation is 1. The monoisotopic (exact) mass is 308 g/mol. The smallest absolute Gasteiger partial charge is 0.243 e. The van der Waals surface area contributed by atoms with E-state index in [4.69, 9.17) is 4.42 Å². The number of nitrogens with zero attached hydrogens (tertiary/aromatic N) is 3. The topological polar surface area (TPSA) is 61.1 Å². The Balaban J connectivity index is 2.77. The maximum atomic E-state index is 11.7. The van der Waals surface area contributed by atoms with Crippen LogP contribution in [-0.4, -0.2) is 55.9 Å². The van der Waals surface area contributed by atoms with Gasteiger partial charge in [0.05, 0.1) is 6.26 Å². The van der Waals surface area contributed by atoms with Crippen LogP contribution >= 0.6 is 0 Å². The Hall–Kier alpha value is -1.98. The number of hydrogen-bond donors (Lipinski definition) is 1. The number of furan rings is 1. The molecule has 0 aliphatic heterocycles. The minimum atomic E-state index is -0.0169. The third-order valence-electron chi connectivity index (χ3n) is 3.27. The van der Waals surface area contributed by atoms with Crippen LogP contribution in [-0.2, 0) is 11.3 Å². The van der Waals surface area contributed by atoms with Crippen molar-refractivity contribution in [3.63, 3.8) is 0 Å². The van der Waals surface area contributed by atoms with Crippen molar-refractivity contribution in [3.8, 4) is 0 Å². The maximum absolute atomic E-state index is 11.7. The molecule has 124 valence electrons. The van der Waals surface area contributed by atoms with Crippen LogP contribution in [0, 0.1) is 12.8 Å². The third kappa shape index (κ3) is 5.79. The highest BCUT2D eigenvalue weighted by atomic mass is 16.3. The van der Waals surface area contributed by atoms with Crippen molar-refractivity contribution >= 4 is 11.9 Å². The third-order valence-corrected chi connectivity index (χ3v) is 3.27. The van der Waals surface area contributed by atoms with Gasteiger partial charge in [-0.3, -0.25) is 4.79 Å². The van der Waals surface area contributed by atoms with Crippen molar-refractivity contribution in [2.75, 3.05) is 34.2 Å². The second-order valence-electron chi connectivity index (χ2n) is 6.06. The van der Waals surface area contributed by atoms with E-state index in [1.165, 1.54) is 0 Å². The van der Waals surface area contributed by atoms with Crippen molar-refractivity contribution in [2.24, 2.45) is 10.9 Å². The van der Waals surface area contributed by atoms with Gasteiger partial charge in [-0.15, -0.1) is 0 Å². The zero-order valence-electron chi connectivity index (χ0n) is 14.5. The molecule has 1 N–H and O–H groups in total. The van der Waals surface area contributed by atoms with E-state index in [-0.39, 0.29) is 12.5 Å². The second-order valence-corrected chi connectivity index (χ2v) is 6.06. The van der Waals surface area contributed by atoms with E-state index in [1.54, 1.807) is 25.3 Å². The lowest BCUT2D eigenvalue weighted by molar-refractivity contribution is -0.127. The van der Waals surface area contributed by atoms with Crippen molar-refractivity contribution < 1.29 is 9.21 Å². The molecule has 0 aliphatic rings. The largest absolute Gasteiger partial charge is 0.469 e. The van der Waals surface area contributed by atoms with Crippen LogP contribution in [0.2, 0.25) is 0 Å². The van der Waals surface area contributed by atoms with Gasteiger partial charge in [-0.2, -0.15) is 0 Å². The summed E-state index contributed by atoms with van der Waals surface area (Å²) in [6.45, 7) is 7.84. The predicted molar refractivity (Wildman–Crippen MR) is 88.7 cm³/mol. The summed E-state index contributed by atoms with van der Waals surface area (Å²) in [6, 6.07) is 1.96. The first-order valence-electron chi connectivity index (χ1n) is 7.53. The highest BCUT2D eigenvalue weighted by Gasteiger charge is 2.12. The van der Waals surface area contributed by atoms with Gasteiger partial charge in [0.15, 0.2) is 5.96 Å². The number of guanidine groups is 1. The number of carbonyl (C=O) groups is 1. The molecule has 6 heteroatoms. The van der Waals surface area contributed by atoms with Gasteiger partial charge in [-0.05, 0) is 18.9 Å². The van der Waals surface area contributed by atoms with E-state index in [2.05, 4.69) is 24.2 Å². The molecule has 1 rings (SSSR count). The van der Waals surface area contributed by atoms with Crippen LogP contribution in [0.25, 0.3) is 0 Å². The SMILES string of the molecule is Cc1occc1CN(C)C(=NCC(=O)N(C)C)NCC(C)C. The summed E-state index contributed by atoms with van der Waals surface area (Å²) in [5, 5.41) is 3.32. The maximum Gasteiger partial charge on any atom is 0.243 e. The fourth-order valence-corrected chi connectivity index (χ4v) is 1.80. The van der Waals surface area contributed by atoms with E-state index in [9.17, 15) is 4.79 Å². The molecule has 0 aromatic carbocycles. The van der Waals surface area contributed by atoms with Crippen molar-refractivity contribution in [1.82, 2.24) is 15.1 Å². The van der Waals surface area contributed by atoms with Crippen molar-refractivity contribution in [2.45, 2.75) is 27.3 Å². The number of amides is 1. The zero-order valence-corrected chi connectivity index (χ0v) is 14.5. The standard InChI is InChI=1S/C16H28N4O2/c1-12(2)9-17-16(18-10-15(21)19(4)5)20(6)11-14-7-8-22-13(14)3/h7-8,12H,9-11H2,1-6H3,(H,17,18). The minimum absolute atomic E-state index is 0.0169. The Morgan fingerprint density at radius 3 is 2.55 bits per heavy atom. The Kier molecular flexibility index (Phi) is 6.95. The predicted octanol–water partition coefficient (Wildman–Crippen LogP) is 1.71. The van der Waals surface area contributed by atoms with Crippen LogP contribution in [0.1, 0.15) is 25.2 Å². The molecule has 0 aliphatic carbocycles. The van der Waals surface area contributed by atoms with Gasteiger partial charge in [0.25, 0.3) is 0 Å². The summed E-state index contributed by atoms with van der Waals surface area (Å²) >= 11 is 0. The lowest BCUT2D eigenvalue weighted by atomic mass is 10.2. The zero-order chi connectivity index (χ0) is 16.7. The van der Waals surface area contributed by atoms with Gasteiger partial charge < -0.3 is 19.5 Å². The molecule has 0 spiro atoms. The van der Waals surface area contributed by atoms with E-state index in [0.29, 0.717) is 12.5 Å². The Bertz CT molecular complexity index is 506. The molecule has 1 heterocycles. The minimum Gasteiger partial charge on any atom is -0.469 e. The van der Waals surface area contributed by atoms with Gasteiger partial charge >= 0.3 is 0 Å². The molecule has 0 radical (unpaired) electrons. The van der Waals surface area contributed by atoms with Crippen LogP contribution < -0.4 is 5.32 Å². The number of carbonyl (C=O) groups excluding carboxylic acids is 1. The van der Waals surface area contributed by atoms with Crippen molar-refractivity contribution in [1.29, 1.82) is 0 Å². The number of nitrogens with one attached hydrogen (secondary N) is 1. The summed E-state index contributed by atoms with van der Waals surface area (Å²) in [5.41, 5.74) is 1.11. The Morgan fingerprint density at radius 1 is 1.36 bits per heavy atom. The molecule has 0 atom stereocenters. The molecule has 6 nitrogen and oxygen atoms in total. The summed E-state index contributed by atoms with van der Waals surface area (Å²) < 4.78 is 5.33. The fraction of sp³-hybridized carbons (Fsp3) is 0.625. The first kappa shape index (κ1) is 18.1. The number of rotatable bonds is 6.